The Labute approximate surface area is 214 Å². The molecule has 0 aliphatic carbocycles. The van der Waals surface area contributed by atoms with E-state index < -0.39 is 22.9 Å². The minimum atomic E-state index is -1.04. The molecule has 182 valence electrons. The Morgan fingerprint density at radius 2 is 1.86 bits per heavy atom. The molecule has 0 saturated carbocycles. The number of benzene rings is 3. The fraction of sp³-hybridized carbons (Fsp3) is 0.0800. The van der Waals surface area contributed by atoms with E-state index in [0.717, 1.165) is 10.1 Å². The third kappa shape index (κ3) is 5.68. The van der Waals surface area contributed by atoms with E-state index in [0.29, 0.717) is 15.5 Å². The van der Waals surface area contributed by atoms with Crippen molar-refractivity contribution in [3.05, 3.63) is 98.4 Å². The number of fused-ring (bicyclic) bond motifs is 1. The highest BCUT2D eigenvalue weighted by atomic mass is 35.5. The molecule has 3 aromatic carbocycles. The van der Waals surface area contributed by atoms with Gasteiger partial charge in [0.05, 0.1) is 16.2 Å². The second-order valence-electron chi connectivity index (χ2n) is 7.42. The van der Waals surface area contributed by atoms with Gasteiger partial charge in [0, 0.05) is 16.2 Å². The van der Waals surface area contributed by atoms with Gasteiger partial charge in [0.2, 0.25) is 0 Å². The van der Waals surface area contributed by atoms with Crippen molar-refractivity contribution < 1.29 is 24.0 Å². The van der Waals surface area contributed by atoms with Crippen LogP contribution in [0.4, 0.5) is 5.69 Å². The van der Waals surface area contributed by atoms with Crippen LogP contribution in [0.5, 0.6) is 11.5 Å². The van der Waals surface area contributed by atoms with Gasteiger partial charge in [0.15, 0.2) is 11.9 Å². The average molecular weight is 524 g/mol. The van der Waals surface area contributed by atoms with Gasteiger partial charge in [0.1, 0.15) is 10.6 Å². The highest BCUT2D eigenvalue weighted by Gasteiger charge is 2.21. The van der Waals surface area contributed by atoms with Crippen molar-refractivity contribution in [2.45, 2.75) is 13.0 Å². The summed E-state index contributed by atoms with van der Waals surface area (Å²) >= 11 is 7.60. The molecule has 0 aliphatic heterocycles. The van der Waals surface area contributed by atoms with Crippen LogP contribution in [0.2, 0.25) is 5.02 Å². The average Bonchev–Trinajstić information content (AvgIpc) is 3.21. The second kappa shape index (κ2) is 11.0. The summed E-state index contributed by atoms with van der Waals surface area (Å²) < 4.78 is 11.8. The smallest absolute Gasteiger partial charge is 0.355 e. The van der Waals surface area contributed by atoms with Crippen molar-refractivity contribution >= 4 is 56.8 Å². The van der Waals surface area contributed by atoms with Gasteiger partial charge in [-0.3, -0.25) is 14.9 Å². The largest absolute Gasteiger partial charge is 0.474 e. The third-order valence-corrected chi connectivity index (χ3v) is 6.57. The highest BCUT2D eigenvalue weighted by molar-refractivity contribution is 7.21. The first-order chi connectivity index (χ1) is 17.3. The number of rotatable bonds is 8. The Morgan fingerprint density at radius 3 is 2.64 bits per heavy atom. The van der Waals surface area contributed by atoms with E-state index in [1.165, 1.54) is 42.7 Å². The van der Waals surface area contributed by atoms with Crippen LogP contribution in [-0.4, -0.2) is 29.1 Å². The first kappa shape index (κ1) is 24.8. The number of nitrogens with one attached hydrogen (secondary N) is 1. The van der Waals surface area contributed by atoms with Crippen molar-refractivity contribution in [3.63, 3.8) is 0 Å². The van der Waals surface area contributed by atoms with Crippen molar-refractivity contribution in [1.82, 2.24) is 5.43 Å². The summed E-state index contributed by atoms with van der Waals surface area (Å²) in [5.74, 6) is -0.935. The van der Waals surface area contributed by atoms with Gasteiger partial charge in [0.25, 0.3) is 5.91 Å². The number of ether oxygens (including phenoxy) is 2. The summed E-state index contributed by atoms with van der Waals surface area (Å²) in [5.41, 5.74) is 2.63. The fourth-order valence-electron chi connectivity index (χ4n) is 3.17. The number of nitrogens with zero attached hydrogens (tertiary/aromatic N) is 2. The number of carbonyl (C=O) groups excluding carboxylic acids is 2. The lowest BCUT2D eigenvalue weighted by Crippen LogP contribution is -2.33. The number of hydrogen-bond acceptors (Lipinski definition) is 8. The second-order valence-corrected chi connectivity index (χ2v) is 8.85. The molecular formula is C25H18ClN3O6S. The number of nitro groups is 1. The summed E-state index contributed by atoms with van der Waals surface area (Å²) in [6.45, 7) is 1.45. The minimum absolute atomic E-state index is 0.0256. The lowest BCUT2D eigenvalue weighted by Gasteiger charge is -2.12. The summed E-state index contributed by atoms with van der Waals surface area (Å²) in [4.78, 5) is 35.8. The number of hydrogen-bond donors (Lipinski definition) is 1. The maximum atomic E-state index is 12.7. The molecule has 4 aromatic rings. The molecule has 11 heteroatoms. The molecule has 4 rings (SSSR count). The van der Waals surface area contributed by atoms with E-state index >= 15 is 0 Å². The monoisotopic (exact) mass is 523 g/mol. The predicted octanol–water partition coefficient (Wildman–Crippen LogP) is 5.60. The van der Waals surface area contributed by atoms with Crippen molar-refractivity contribution in [2.24, 2.45) is 5.10 Å². The van der Waals surface area contributed by atoms with Crippen LogP contribution < -0.4 is 14.9 Å². The van der Waals surface area contributed by atoms with Crippen molar-refractivity contribution in [3.8, 4) is 11.5 Å². The molecule has 0 aliphatic rings. The molecule has 0 saturated heterocycles. The number of thiophene rings is 1. The molecule has 0 fully saturated rings. The van der Waals surface area contributed by atoms with Gasteiger partial charge in [-0.15, -0.1) is 11.3 Å². The van der Waals surface area contributed by atoms with Crippen LogP contribution in [0.3, 0.4) is 0 Å². The Balaban J connectivity index is 1.37. The molecule has 1 atom stereocenters. The summed E-state index contributed by atoms with van der Waals surface area (Å²) in [7, 11) is 0. The molecule has 1 aromatic heterocycles. The normalized spacial score (nSPS) is 11.8. The summed E-state index contributed by atoms with van der Waals surface area (Å²) in [6, 6.07) is 19.7. The van der Waals surface area contributed by atoms with E-state index in [2.05, 4.69) is 10.5 Å². The number of halogens is 1. The molecule has 0 bridgehead atoms. The number of hydrazone groups is 1. The van der Waals surface area contributed by atoms with E-state index in [4.69, 9.17) is 21.1 Å². The molecule has 9 nitrogen and oxygen atoms in total. The quantitative estimate of drug-likeness (QED) is 0.105. The molecule has 1 N–H and O–H groups in total. The van der Waals surface area contributed by atoms with Crippen LogP contribution in [0, 0.1) is 10.1 Å². The number of para-hydroxylation sites is 2. The predicted molar refractivity (Wildman–Crippen MR) is 137 cm³/mol. The summed E-state index contributed by atoms with van der Waals surface area (Å²) in [5, 5.41) is 16.1. The SMILES string of the molecule is C[C@@H](Oc1ccccc1[N+](=O)[O-])C(=O)N/N=C\c1cccc(OC(=O)c2sc3ccccc3c2Cl)c1. The van der Waals surface area contributed by atoms with E-state index in [1.54, 1.807) is 30.3 Å². The molecule has 0 unspecified atom stereocenters. The van der Waals surface area contributed by atoms with Gasteiger partial charge in [-0.2, -0.15) is 5.10 Å². The van der Waals surface area contributed by atoms with Crippen LogP contribution in [0.15, 0.2) is 77.9 Å². The molecule has 0 radical (unpaired) electrons. The Hall–Kier alpha value is -4.28. The lowest BCUT2D eigenvalue weighted by atomic mass is 10.2. The van der Waals surface area contributed by atoms with E-state index in [-0.39, 0.29) is 17.2 Å². The zero-order valence-corrected chi connectivity index (χ0v) is 20.3. The maximum Gasteiger partial charge on any atom is 0.355 e. The highest BCUT2D eigenvalue weighted by Crippen LogP contribution is 2.35. The van der Waals surface area contributed by atoms with Gasteiger partial charge < -0.3 is 9.47 Å². The first-order valence-corrected chi connectivity index (χ1v) is 11.7. The fourth-order valence-corrected chi connectivity index (χ4v) is 4.55. The Bertz CT molecular complexity index is 1490. The third-order valence-electron chi connectivity index (χ3n) is 4.91. The van der Waals surface area contributed by atoms with E-state index in [9.17, 15) is 19.7 Å². The molecule has 1 heterocycles. The molecular weight excluding hydrogens is 506 g/mol. The standard InChI is InChI=1S/C25H18ClN3O6S/c1-15(34-20-11-4-3-10-19(20)29(32)33)24(30)28-27-14-16-7-6-8-17(13-16)35-25(31)23-22(26)18-9-2-5-12-21(18)36-23/h2-15H,1H3,(H,28,30)/b27-14-/t15-/m1/s1. The number of carbonyl (C=O) groups is 2. The maximum absolute atomic E-state index is 12.7. The molecule has 36 heavy (non-hydrogen) atoms. The van der Waals surface area contributed by atoms with Gasteiger partial charge in [-0.1, -0.05) is 54.1 Å². The minimum Gasteiger partial charge on any atom is -0.474 e. The van der Waals surface area contributed by atoms with Crippen LogP contribution in [0.1, 0.15) is 22.2 Å². The van der Waals surface area contributed by atoms with Crippen molar-refractivity contribution in [1.29, 1.82) is 0 Å². The zero-order valence-electron chi connectivity index (χ0n) is 18.7. The summed E-state index contributed by atoms with van der Waals surface area (Å²) in [6.07, 6.45) is 0.320. The molecule has 0 spiro atoms. The van der Waals surface area contributed by atoms with Crippen LogP contribution >= 0.6 is 22.9 Å². The lowest BCUT2D eigenvalue weighted by molar-refractivity contribution is -0.386. The van der Waals surface area contributed by atoms with E-state index in [1.807, 2.05) is 24.3 Å². The van der Waals surface area contributed by atoms with Crippen molar-refractivity contribution in [2.75, 3.05) is 0 Å². The number of amides is 1. The van der Waals surface area contributed by atoms with Crippen LogP contribution in [-0.2, 0) is 4.79 Å². The first-order valence-electron chi connectivity index (χ1n) is 10.6. The van der Waals surface area contributed by atoms with Gasteiger partial charge >= 0.3 is 11.7 Å². The van der Waals surface area contributed by atoms with Gasteiger partial charge in [-0.05, 0) is 36.8 Å². The molecule has 1 amide bonds. The number of nitro benzene ring substituents is 1. The Kier molecular flexibility index (Phi) is 7.57. The van der Waals surface area contributed by atoms with Crippen LogP contribution in [0.25, 0.3) is 10.1 Å². The topological polar surface area (TPSA) is 120 Å². The Morgan fingerprint density at radius 1 is 1.11 bits per heavy atom. The number of esters is 1. The zero-order chi connectivity index (χ0) is 25.7. The van der Waals surface area contributed by atoms with Gasteiger partial charge in [-0.25, -0.2) is 10.2 Å².